The van der Waals surface area contributed by atoms with Crippen molar-refractivity contribution in [3.05, 3.63) is 23.1 Å². The lowest BCUT2D eigenvalue weighted by atomic mass is 9.87. The molecule has 0 aromatic carbocycles. The summed E-state index contributed by atoms with van der Waals surface area (Å²) in [6.07, 6.45) is 7.08. The summed E-state index contributed by atoms with van der Waals surface area (Å²) < 4.78 is 6.09. The maximum atomic E-state index is 9.07. The predicted octanol–water partition coefficient (Wildman–Crippen LogP) is 3.25. The normalized spacial score (nSPS) is 14.4. The summed E-state index contributed by atoms with van der Waals surface area (Å²) in [5, 5.41) is 13.2. The predicted molar refractivity (Wildman–Crippen MR) is 97.9 cm³/mol. The number of furan rings is 1. The number of aliphatic hydroxyl groups excluding tert-OH is 1. The average Bonchev–Trinajstić information content (AvgIpc) is 2.98. The van der Waals surface area contributed by atoms with Crippen LogP contribution in [0.2, 0.25) is 0 Å². The molecule has 0 unspecified atom stereocenters. The van der Waals surface area contributed by atoms with Gasteiger partial charge in [0.05, 0.1) is 12.0 Å². The molecule has 0 amide bonds. The lowest BCUT2D eigenvalue weighted by molar-refractivity contribution is 0.311. The highest BCUT2D eigenvalue weighted by Gasteiger charge is 2.24. The zero-order valence-electron chi connectivity index (χ0n) is 14.8. The first-order valence-electron chi connectivity index (χ1n) is 9.11. The van der Waals surface area contributed by atoms with Crippen LogP contribution in [0.1, 0.15) is 43.5 Å². The lowest BCUT2D eigenvalue weighted by Gasteiger charge is -2.20. The minimum atomic E-state index is 0.0396. The summed E-state index contributed by atoms with van der Waals surface area (Å²) >= 11 is 0. The smallest absolute Gasteiger partial charge is 0.229 e. The van der Waals surface area contributed by atoms with Crippen molar-refractivity contribution in [2.75, 3.05) is 18.5 Å². The Labute approximate surface area is 146 Å². The summed E-state index contributed by atoms with van der Waals surface area (Å²) in [5.41, 5.74) is 6.06. The second-order valence-electron chi connectivity index (χ2n) is 7.15. The van der Waals surface area contributed by atoms with Crippen molar-refractivity contribution in [2.24, 2.45) is 5.92 Å². The van der Waals surface area contributed by atoms with E-state index in [4.69, 9.17) is 14.5 Å². The number of aryl methyl sites for hydroxylation is 1. The van der Waals surface area contributed by atoms with Gasteiger partial charge in [-0.1, -0.05) is 13.8 Å². The van der Waals surface area contributed by atoms with Gasteiger partial charge in [0.1, 0.15) is 11.8 Å². The van der Waals surface area contributed by atoms with Gasteiger partial charge < -0.3 is 14.8 Å². The highest BCUT2D eigenvalue weighted by Crippen LogP contribution is 2.37. The molecule has 1 aliphatic rings. The third kappa shape index (κ3) is 2.84. The molecule has 2 N–H and O–H groups in total. The minimum absolute atomic E-state index is 0.0396. The zero-order chi connectivity index (χ0) is 17.4. The van der Waals surface area contributed by atoms with E-state index in [1.807, 2.05) is 0 Å². The number of hydrogen-bond donors (Lipinski definition) is 2. The van der Waals surface area contributed by atoms with Crippen molar-refractivity contribution in [3.63, 3.8) is 0 Å². The van der Waals surface area contributed by atoms with Gasteiger partial charge in [0.2, 0.25) is 5.71 Å². The van der Waals surface area contributed by atoms with Crippen LogP contribution in [-0.4, -0.2) is 33.2 Å². The number of rotatable bonds is 5. The summed E-state index contributed by atoms with van der Waals surface area (Å²) in [7, 11) is 0. The fourth-order valence-corrected chi connectivity index (χ4v) is 3.79. The summed E-state index contributed by atoms with van der Waals surface area (Å²) in [6, 6.07) is 0. The second-order valence-corrected chi connectivity index (χ2v) is 7.15. The molecule has 0 aliphatic heterocycles. The average molecular weight is 340 g/mol. The van der Waals surface area contributed by atoms with Crippen LogP contribution in [0.4, 0.5) is 5.82 Å². The molecule has 4 rings (SSSR count). The monoisotopic (exact) mass is 340 g/mol. The molecule has 0 saturated carbocycles. The van der Waals surface area contributed by atoms with E-state index in [9.17, 15) is 0 Å². The van der Waals surface area contributed by atoms with E-state index in [0.717, 1.165) is 30.2 Å². The van der Waals surface area contributed by atoms with Crippen LogP contribution in [0.5, 0.6) is 0 Å². The van der Waals surface area contributed by atoms with Crippen molar-refractivity contribution < 1.29 is 9.52 Å². The molecule has 0 fully saturated rings. The summed E-state index contributed by atoms with van der Waals surface area (Å²) in [6.45, 7) is 4.91. The van der Waals surface area contributed by atoms with Crippen LogP contribution in [0.3, 0.4) is 0 Å². The van der Waals surface area contributed by atoms with Gasteiger partial charge >= 0.3 is 0 Å². The molecule has 0 radical (unpaired) electrons. The topological polar surface area (TPSA) is 84.1 Å². The summed E-state index contributed by atoms with van der Waals surface area (Å²) in [5.74, 6) is 1.17. The Hall–Kier alpha value is -2.21. The Morgan fingerprint density at radius 1 is 1.20 bits per heavy atom. The molecule has 3 aromatic heterocycles. The first-order chi connectivity index (χ1) is 12.2. The first kappa shape index (κ1) is 16.3. The van der Waals surface area contributed by atoms with E-state index in [-0.39, 0.29) is 6.61 Å². The Kier molecular flexibility index (Phi) is 4.29. The van der Waals surface area contributed by atoms with E-state index in [1.54, 1.807) is 6.33 Å². The van der Waals surface area contributed by atoms with Gasteiger partial charge in [0.25, 0.3) is 0 Å². The van der Waals surface area contributed by atoms with Crippen molar-refractivity contribution in [1.82, 2.24) is 15.0 Å². The maximum Gasteiger partial charge on any atom is 0.229 e. The number of fused-ring (bicyclic) bond motifs is 5. The third-order valence-electron chi connectivity index (χ3n) is 4.81. The van der Waals surface area contributed by atoms with Gasteiger partial charge in [0.15, 0.2) is 11.4 Å². The van der Waals surface area contributed by atoms with Crippen molar-refractivity contribution in [2.45, 2.75) is 46.0 Å². The standard InChI is InChI=1S/C19H24N4O2/c1-11(2)9-14-12-5-3-4-6-13(12)15-16-17(25-19(15)23-14)18(20-7-8-24)22-10-21-16/h10-11,24H,3-9H2,1-2H3,(H,20,21,22). The number of nitrogens with zero attached hydrogens (tertiary/aromatic N) is 3. The van der Waals surface area contributed by atoms with Crippen LogP contribution in [0.15, 0.2) is 10.7 Å². The van der Waals surface area contributed by atoms with E-state index in [1.165, 1.54) is 29.7 Å². The van der Waals surface area contributed by atoms with Gasteiger partial charge in [-0.25, -0.2) is 15.0 Å². The molecule has 1 aliphatic carbocycles. The van der Waals surface area contributed by atoms with Gasteiger partial charge in [-0.3, -0.25) is 0 Å². The quantitative estimate of drug-likeness (QED) is 0.742. The van der Waals surface area contributed by atoms with E-state index in [0.29, 0.717) is 29.6 Å². The number of pyridine rings is 1. The van der Waals surface area contributed by atoms with Gasteiger partial charge in [-0.05, 0) is 49.1 Å². The van der Waals surface area contributed by atoms with E-state index < -0.39 is 0 Å². The highest BCUT2D eigenvalue weighted by molar-refractivity contribution is 6.06. The third-order valence-corrected chi connectivity index (χ3v) is 4.81. The van der Waals surface area contributed by atoms with Crippen LogP contribution in [-0.2, 0) is 19.3 Å². The number of aromatic nitrogens is 3. The van der Waals surface area contributed by atoms with Gasteiger partial charge in [-0.2, -0.15) is 0 Å². The lowest BCUT2D eigenvalue weighted by Crippen LogP contribution is -2.11. The molecule has 0 atom stereocenters. The largest absolute Gasteiger partial charge is 0.432 e. The van der Waals surface area contributed by atoms with Crippen molar-refractivity contribution in [1.29, 1.82) is 0 Å². The highest BCUT2D eigenvalue weighted by atomic mass is 16.3. The Balaban J connectivity index is 1.97. The van der Waals surface area contributed by atoms with Crippen LogP contribution in [0.25, 0.3) is 22.2 Å². The van der Waals surface area contributed by atoms with Crippen LogP contribution < -0.4 is 5.32 Å². The Bertz CT molecular complexity index is 917. The number of aliphatic hydroxyl groups is 1. The molecular formula is C19H24N4O2. The number of hydrogen-bond acceptors (Lipinski definition) is 6. The van der Waals surface area contributed by atoms with Crippen molar-refractivity contribution >= 4 is 28.0 Å². The molecule has 0 bridgehead atoms. The number of anilines is 1. The van der Waals surface area contributed by atoms with Gasteiger partial charge in [-0.15, -0.1) is 0 Å². The number of nitrogens with one attached hydrogen (secondary N) is 1. The fraction of sp³-hybridized carbons (Fsp3) is 0.526. The van der Waals surface area contributed by atoms with Crippen LogP contribution in [0, 0.1) is 5.92 Å². The maximum absolute atomic E-state index is 9.07. The molecule has 25 heavy (non-hydrogen) atoms. The molecule has 0 saturated heterocycles. The van der Waals surface area contributed by atoms with E-state index in [2.05, 4.69) is 29.1 Å². The molecule has 0 spiro atoms. The van der Waals surface area contributed by atoms with Crippen molar-refractivity contribution in [3.8, 4) is 0 Å². The van der Waals surface area contributed by atoms with Crippen LogP contribution >= 0.6 is 0 Å². The second kappa shape index (κ2) is 6.59. The van der Waals surface area contributed by atoms with Gasteiger partial charge in [0, 0.05) is 12.2 Å². The van der Waals surface area contributed by atoms with E-state index >= 15 is 0 Å². The molecular weight excluding hydrogens is 316 g/mol. The minimum Gasteiger partial charge on any atom is -0.432 e. The Morgan fingerprint density at radius 3 is 2.76 bits per heavy atom. The molecule has 6 nitrogen and oxygen atoms in total. The molecule has 6 heteroatoms. The molecule has 3 heterocycles. The molecule has 3 aromatic rings. The molecule has 132 valence electrons. The SMILES string of the molecule is CC(C)Cc1nc2oc3c(NCCO)ncnc3c2c2c1CCCC2. The Morgan fingerprint density at radius 2 is 2.00 bits per heavy atom. The summed E-state index contributed by atoms with van der Waals surface area (Å²) in [4.78, 5) is 13.6. The zero-order valence-corrected chi connectivity index (χ0v) is 14.8. The fourth-order valence-electron chi connectivity index (χ4n) is 3.79. The first-order valence-corrected chi connectivity index (χ1v) is 9.11.